The average molecular weight is 713 g/mol. The summed E-state index contributed by atoms with van der Waals surface area (Å²) in [6.07, 6.45) is 8.10. The van der Waals surface area contributed by atoms with E-state index >= 15 is 0 Å². The Kier molecular flexibility index (Phi) is 11.4. The zero-order valence-electron chi connectivity index (χ0n) is 30.6. The fraction of sp³-hybridized carbons (Fsp3) is 0.217. The Balaban J connectivity index is 1.75. The summed E-state index contributed by atoms with van der Waals surface area (Å²) in [6.45, 7) is 18.4. The van der Waals surface area contributed by atoms with E-state index in [2.05, 4.69) is 113 Å². The van der Waals surface area contributed by atoms with Gasteiger partial charge in [0.15, 0.2) is 0 Å². The Morgan fingerprint density at radius 3 is 1.88 bits per heavy atom. The number of benzene rings is 5. The van der Waals surface area contributed by atoms with Crippen molar-refractivity contribution in [3.05, 3.63) is 178 Å². The zero-order valence-corrected chi connectivity index (χ0v) is 32.5. The smallest absolute Gasteiger partial charge is 0.123 e. The maximum atomic E-state index is 11.9. The highest BCUT2D eigenvalue weighted by Gasteiger charge is 2.31. The fourth-order valence-corrected chi connectivity index (χ4v) is 7.55. The molecule has 0 amide bonds. The van der Waals surface area contributed by atoms with Crippen LogP contribution in [-0.4, -0.2) is 15.3 Å². The zero-order chi connectivity index (χ0) is 37.1. The van der Waals surface area contributed by atoms with Crippen LogP contribution < -0.4 is 5.30 Å². The van der Waals surface area contributed by atoms with Crippen molar-refractivity contribution < 1.29 is 15.3 Å². The second-order valence-corrected chi connectivity index (χ2v) is 16.0. The minimum Gasteiger partial charge on any atom is -0.507 e. The third kappa shape index (κ3) is 8.04. The van der Waals surface area contributed by atoms with Gasteiger partial charge >= 0.3 is 0 Å². The number of thiol groups is 1. The van der Waals surface area contributed by atoms with Crippen LogP contribution in [0.3, 0.4) is 0 Å². The van der Waals surface area contributed by atoms with Gasteiger partial charge in [-0.25, -0.2) is 0 Å². The minimum atomic E-state index is -0.486. The number of aryl methyl sites for hydroxylation is 2. The molecule has 5 aromatic rings. The Morgan fingerprint density at radius 2 is 1.29 bits per heavy atom. The summed E-state index contributed by atoms with van der Waals surface area (Å²) in [5.41, 5.74) is 9.45. The number of phenols is 3. The molecule has 2 atom stereocenters. The van der Waals surface area contributed by atoms with Gasteiger partial charge in [-0.05, 0) is 85.2 Å². The molecule has 0 saturated carbocycles. The molecule has 3 N–H and O–H groups in total. The average Bonchev–Trinajstić information content (AvgIpc) is 3.12. The number of rotatable bonds is 11. The lowest BCUT2D eigenvalue weighted by Gasteiger charge is -2.31. The van der Waals surface area contributed by atoms with E-state index < -0.39 is 11.3 Å². The van der Waals surface area contributed by atoms with Crippen LogP contribution in [0.15, 0.2) is 134 Å². The molecule has 5 heteroatoms. The minimum absolute atomic E-state index is 0.155. The Bertz CT molecular complexity index is 2110. The van der Waals surface area contributed by atoms with E-state index in [-0.39, 0.29) is 30.4 Å². The van der Waals surface area contributed by atoms with Gasteiger partial charge < -0.3 is 15.3 Å². The van der Waals surface area contributed by atoms with Gasteiger partial charge in [-0.1, -0.05) is 149 Å². The number of allylic oxidation sites excluding steroid dienone is 5. The molecular formula is C46H49O3PS. The number of phenolic OH excluding ortho intramolecular Hbond substituents is 3. The fourth-order valence-electron chi connectivity index (χ4n) is 6.60. The summed E-state index contributed by atoms with van der Waals surface area (Å²) in [4.78, 5) is 0. The molecule has 0 fully saturated rings. The lowest BCUT2D eigenvalue weighted by atomic mass is 9.74. The Hall–Kier alpha value is -4.50. The van der Waals surface area contributed by atoms with Crippen molar-refractivity contribution in [2.24, 2.45) is 0 Å². The summed E-state index contributed by atoms with van der Waals surface area (Å²) in [7, 11) is 0.155. The van der Waals surface area contributed by atoms with Gasteiger partial charge in [0.2, 0.25) is 0 Å². The standard InChI is InChI=1S/C46H49O3PS/c1-9-29(2)14-13-23-45(5,6)36-24-30(3)43(48)38(26-36)42(34-19-17-33(18-20-34)32-15-11-10-12-16-32)39-27-37(25-31(4)44(39)49)46(7,8)35-21-22-40(47)41(28-35)50-51/h9-28,42,47-51H,1H2,2-8H3/b23-13-,29-14-. The van der Waals surface area contributed by atoms with Crippen molar-refractivity contribution in [3.63, 3.8) is 0 Å². The molecule has 0 aliphatic carbocycles. The molecule has 0 bridgehead atoms. The van der Waals surface area contributed by atoms with Crippen LogP contribution >= 0.6 is 20.0 Å². The third-order valence-electron chi connectivity index (χ3n) is 10.1. The Morgan fingerprint density at radius 1 is 0.725 bits per heavy atom. The second-order valence-electron chi connectivity index (χ2n) is 14.5. The molecule has 262 valence electrons. The summed E-state index contributed by atoms with van der Waals surface area (Å²) in [5, 5.41) is 35.0. The molecule has 2 unspecified atom stereocenters. The van der Waals surface area contributed by atoms with Crippen molar-refractivity contribution in [2.45, 2.75) is 65.2 Å². The first-order valence-electron chi connectivity index (χ1n) is 17.2. The van der Waals surface area contributed by atoms with E-state index in [1.54, 1.807) is 6.07 Å². The Labute approximate surface area is 311 Å². The summed E-state index contributed by atoms with van der Waals surface area (Å²) in [6, 6.07) is 32.7. The van der Waals surface area contributed by atoms with Gasteiger partial charge in [-0.3, -0.25) is 0 Å². The normalized spacial score (nSPS) is 13.3. The van der Waals surface area contributed by atoms with Gasteiger partial charge in [0.05, 0.1) is 0 Å². The van der Waals surface area contributed by atoms with Gasteiger partial charge in [-0.2, -0.15) is 0 Å². The largest absolute Gasteiger partial charge is 0.507 e. The van der Waals surface area contributed by atoms with Gasteiger partial charge in [0.1, 0.15) is 17.2 Å². The molecule has 3 nitrogen and oxygen atoms in total. The highest BCUT2D eigenvalue weighted by atomic mass is 32.7. The maximum absolute atomic E-state index is 11.9. The molecule has 0 aliphatic rings. The monoisotopic (exact) mass is 712 g/mol. The van der Waals surface area contributed by atoms with Gasteiger partial charge in [0, 0.05) is 33.2 Å². The first kappa shape index (κ1) is 37.7. The van der Waals surface area contributed by atoms with E-state index in [1.165, 1.54) is 0 Å². The maximum Gasteiger partial charge on any atom is 0.123 e. The highest BCUT2D eigenvalue weighted by molar-refractivity contribution is 8.40. The predicted molar refractivity (Wildman–Crippen MR) is 222 cm³/mol. The molecule has 0 radical (unpaired) electrons. The van der Waals surface area contributed by atoms with Crippen LogP contribution in [0.5, 0.6) is 17.2 Å². The van der Waals surface area contributed by atoms with Crippen molar-refractivity contribution in [3.8, 4) is 28.4 Å². The van der Waals surface area contributed by atoms with Gasteiger partial charge in [-0.15, -0.1) is 12.2 Å². The lowest BCUT2D eigenvalue weighted by Crippen LogP contribution is -2.21. The highest BCUT2D eigenvalue weighted by Crippen LogP contribution is 2.47. The second kappa shape index (κ2) is 15.4. The lowest BCUT2D eigenvalue weighted by molar-refractivity contribution is 0.453. The topological polar surface area (TPSA) is 60.7 Å². The molecule has 0 heterocycles. The van der Waals surface area contributed by atoms with Crippen LogP contribution in [0, 0.1) is 13.8 Å². The number of aromatic hydroxyl groups is 3. The predicted octanol–water partition coefficient (Wildman–Crippen LogP) is 11.7. The summed E-state index contributed by atoms with van der Waals surface area (Å²) in [5.74, 6) is 0.152. The molecule has 51 heavy (non-hydrogen) atoms. The van der Waals surface area contributed by atoms with Gasteiger partial charge in [0.25, 0.3) is 0 Å². The van der Waals surface area contributed by atoms with Crippen molar-refractivity contribution in [1.82, 2.24) is 0 Å². The van der Waals surface area contributed by atoms with Crippen LogP contribution in [0.2, 0.25) is 0 Å². The molecule has 5 aromatic carbocycles. The van der Waals surface area contributed by atoms with E-state index in [0.29, 0.717) is 5.56 Å². The molecular weight excluding hydrogens is 664 g/mol. The van der Waals surface area contributed by atoms with Crippen LogP contribution in [0.1, 0.15) is 85.0 Å². The molecule has 5 rings (SSSR count). The van der Waals surface area contributed by atoms with E-state index in [0.717, 1.165) is 60.9 Å². The quantitative estimate of drug-likeness (QED) is 0.0477. The van der Waals surface area contributed by atoms with E-state index in [1.807, 2.05) is 69.3 Å². The van der Waals surface area contributed by atoms with Crippen molar-refractivity contribution >= 4 is 25.3 Å². The van der Waals surface area contributed by atoms with Crippen LogP contribution in [0.25, 0.3) is 11.1 Å². The summed E-state index contributed by atoms with van der Waals surface area (Å²) < 4.78 is 0. The SMILES string of the molecule is C=C/C(C)=C\C=C/C(C)(C)c1cc(C)c(O)c(C(c2ccc(-c3ccccc3)cc2)c2cc(C(C)(C)c3ccc(O)c(PS)c3)cc(C)c2O)c1. The van der Waals surface area contributed by atoms with Crippen LogP contribution in [0.4, 0.5) is 0 Å². The molecule has 0 saturated heterocycles. The third-order valence-corrected chi connectivity index (χ3v) is 11.5. The molecule has 0 aliphatic heterocycles. The van der Waals surface area contributed by atoms with E-state index in [4.69, 9.17) is 0 Å². The van der Waals surface area contributed by atoms with Crippen molar-refractivity contribution in [1.29, 1.82) is 0 Å². The van der Waals surface area contributed by atoms with Crippen LogP contribution in [-0.2, 0) is 10.8 Å². The first-order chi connectivity index (χ1) is 24.2. The molecule has 0 aromatic heterocycles. The summed E-state index contributed by atoms with van der Waals surface area (Å²) >= 11 is 4.47. The number of hydrogen-bond acceptors (Lipinski definition) is 4. The number of hydrogen-bond donors (Lipinski definition) is 4. The molecule has 0 spiro atoms. The van der Waals surface area contributed by atoms with Crippen molar-refractivity contribution in [2.75, 3.05) is 0 Å². The first-order valence-corrected chi connectivity index (χ1v) is 19.5. The van der Waals surface area contributed by atoms with E-state index in [9.17, 15) is 15.3 Å².